The van der Waals surface area contributed by atoms with Gasteiger partial charge in [0.1, 0.15) is 5.82 Å². The molecule has 5 heteroatoms. The number of phenolic OH excluding ortho intramolecular Hbond substituents is 1. The quantitative estimate of drug-likeness (QED) is 0.902. The van der Waals surface area contributed by atoms with Crippen LogP contribution in [0.15, 0.2) is 10.5 Å². The van der Waals surface area contributed by atoms with E-state index >= 15 is 0 Å². The van der Waals surface area contributed by atoms with Gasteiger partial charge in [0.2, 0.25) is 0 Å². The highest BCUT2D eigenvalue weighted by molar-refractivity contribution is 9.10. The summed E-state index contributed by atoms with van der Waals surface area (Å²) in [5, 5.41) is 9.81. The van der Waals surface area contributed by atoms with E-state index in [1.165, 1.54) is 13.2 Å². The van der Waals surface area contributed by atoms with E-state index in [1.807, 2.05) is 0 Å². The van der Waals surface area contributed by atoms with E-state index in [-0.39, 0.29) is 21.8 Å². The highest BCUT2D eigenvalue weighted by Crippen LogP contribution is 2.51. The molecule has 1 fully saturated rings. The molecule has 2 rings (SSSR count). The molecule has 0 bridgehead atoms. The van der Waals surface area contributed by atoms with Crippen LogP contribution in [0.1, 0.15) is 24.8 Å². The molecule has 1 aliphatic rings. The first-order valence-corrected chi connectivity index (χ1v) is 6.30. The first-order chi connectivity index (χ1) is 8.05. The maximum Gasteiger partial charge on any atom is 0.167 e. The van der Waals surface area contributed by atoms with Crippen molar-refractivity contribution in [3.05, 3.63) is 21.9 Å². The summed E-state index contributed by atoms with van der Waals surface area (Å²) in [6.45, 7) is 0.357. The zero-order valence-electron chi connectivity index (χ0n) is 9.59. The molecular weight excluding hydrogens is 289 g/mol. The SMILES string of the molecule is COc1c(O)cc(Br)c(F)c1C1(CN)CCC1. The van der Waals surface area contributed by atoms with Crippen molar-refractivity contribution in [2.45, 2.75) is 24.7 Å². The third kappa shape index (κ3) is 1.81. The Balaban J connectivity index is 2.65. The molecule has 1 aromatic rings. The molecule has 1 saturated carbocycles. The van der Waals surface area contributed by atoms with E-state index < -0.39 is 5.41 Å². The van der Waals surface area contributed by atoms with E-state index in [2.05, 4.69) is 15.9 Å². The summed E-state index contributed by atoms with van der Waals surface area (Å²) in [6.07, 6.45) is 2.67. The van der Waals surface area contributed by atoms with Gasteiger partial charge >= 0.3 is 0 Å². The van der Waals surface area contributed by atoms with Gasteiger partial charge in [-0.1, -0.05) is 6.42 Å². The van der Waals surface area contributed by atoms with Gasteiger partial charge in [0.25, 0.3) is 0 Å². The van der Waals surface area contributed by atoms with Gasteiger partial charge in [-0.15, -0.1) is 0 Å². The number of halogens is 2. The summed E-state index contributed by atoms with van der Waals surface area (Å²) in [5.74, 6) is -0.240. The lowest BCUT2D eigenvalue weighted by Gasteiger charge is -2.42. The smallest absolute Gasteiger partial charge is 0.167 e. The number of ether oxygens (including phenoxy) is 1. The lowest BCUT2D eigenvalue weighted by atomic mass is 9.64. The normalized spacial score (nSPS) is 17.6. The summed E-state index contributed by atoms with van der Waals surface area (Å²) in [6, 6.07) is 1.31. The molecule has 0 aliphatic heterocycles. The van der Waals surface area contributed by atoms with Gasteiger partial charge in [0.15, 0.2) is 11.5 Å². The summed E-state index contributed by atoms with van der Waals surface area (Å²) in [4.78, 5) is 0. The number of rotatable bonds is 3. The maximum absolute atomic E-state index is 14.2. The Hall–Kier alpha value is -0.810. The first kappa shape index (κ1) is 12.6. The predicted molar refractivity (Wildman–Crippen MR) is 66.9 cm³/mol. The molecule has 0 unspecified atom stereocenters. The Morgan fingerprint density at radius 1 is 1.59 bits per heavy atom. The van der Waals surface area contributed by atoms with Crippen molar-refractivity contribution in [1.29, 1.82) is 0 Å². The van der Waals surface area contributed by atoms with Crippen LogP contribution >= 0.6 is 15.9 Å². The van der Waals surface area contributed by atoms with Gasteiger partial charge < -0.3 is 15.6 Å². The third-order valence-electron chi connectivity index (χ3n) is 3.59. The highest BCUT2D eigenvalue weighted by Gasteiger charge is 2.43. The molecule has 94 valence electrons. The fourth-order valence-corrected chi connectivity index (χ4v) is 2.85. The molecule has 0 atom stereocenters. The summed E-state index contributed by atoms with van der Waals surface area (Å²) < 4.78 is 19.6. The molecular formula is C12H15BrFNO2. The van der Waals surface area contributed by atoms with Crippen LogP contribution in [0.5, 0.6) is 11.5 Å². The van der Waals surface area contributed by atoms with Crippen LogP contribution in [0, 0.1) is 5.82 Å². The van der Waals surface area contributed by atoms with Crippen molar-refractivity contribution < 1.29 is 14.2 Å². The largest absolute Gasteiger partial charge is 0.504 e. The van der Waals surface area contributed by atoms with Crippen molar-refractivity contribution in [1.82, 2.24) is 0 Å². The topological polar surface area (TPSA) is 55.5 Å². The molecule has 0 radical (unpaired) electrons. The Morgan fingerprint density at radius 2 is 2.24 bits per heavy atom. The lowest BCUT2D eigenvalue weighted by molar-refractivity contribution is 0.231. The van der Waals surface area contributed by atoms with E-state index in [1.54, 1.807) is 0 Å². The Labute approximate surface area is 108 Å². The molecule has 0 amide bonds. The van der Waals surface area contributed by atoms with Crippen molar-refractivity contribution >= 4 is 15.9 Å². The maximum atomic E-state index is 14.2. The van der Waals surface area contributed by atoms with Crippen LogP contribution in [0.25, 0.3) is 0 Å². The summed E-state index contributed by atoms with van der Waals surface area (Å²) in [5.41, 5.74) is 5.79. The summed E-state index contributed by atoms with van der Waals surface area (Å²) in [7, 11) is 1.43. The monoisotopic (exact) mass is 303 g/mol. The average molecular weight is 304 g/mol. The molecule has 1 aliphatic carbocycles. The Morgan fingerprint density at radius 3 is 2.65 bits per heavy atom. The van der Waals surface area contributed by atoms with E-state index in [0.29, 0.717) is 12.1 Å². The highest BCUT2D eigenvalue weighted by atomic mass is 79.9. The lowest BCUT2D eigenvalue weighted by Crippen LogP contribution is -2.42. The number of nitrogens with two attached hydrogens (primary N) is 1. The zero-order chi connectivity index (χ0) is 12.6. The fourth-order valence-electron chi connectivity index (χ4n) is 2.44. The third-order valence-corrected chi connectivity index (χ3v) is 4.17. The van der Waals surface area contributed by atoms with Crippen LogP contribution in [0.2, 0.25) is 0 Å². The minimum atomic E-state index is -0.392. The predicted octanol–water partition coefficient (Wildman–Crippen LogP) is 2.68. The number of benzene rings is 1. The van der Waals surface area contributed by atoms with Gasteiger partial charge in [-0.2, -0.15) is 0 Å². The Kier molecular flexibility index (Phi) is 3.32. The fraction of sp³-hybridized carbons (Fsp3) is 0.500. The second kappa shape index (κ2) is 4.46. The van der Waals surface area contributed by atoms with Crippen LogP contribution in [0.4, 0.5) is 4.39 Å². The second-order valence-corrected chi connectivity index (χ2v) is 5.29. The average Bonchev–Trinajstić information content (AvgIpc) is 2.24. The standard InChI is InChI=1S/C12H15BrFNO2/c1-17-11-8(16)5-7(13)10(14)9(11)12(6-15)3-2-4-12/h5,16H,2-4,6,15H2,1H3. The van der Waals surface area contributed by atoms with E-state index in [4.69, 9.17) is 10.5 Å². The second-order valence-electron chi connectivity index (χ2n) is 4.44. The molecule has 3 nitrogen and oxygen atoms in total. The van der Waals surface area contributed by atoms with Crippen molar-refractivity contribution in [3.8, 4) is 11.5 Å². The minimum absolute atomic E-state index is 0.0597. The summed E-state index contributed by atoms with van der Waals surface area (Å²) >= 11 is 3.10. The van der Waals surface area contributed by atoms with E-state index in [0.717, 1.165) is 19.3 Å². The number of methoxy groups -OCH3 is 1. The van der Waals surface area contributed by atoms with Gasteiger partial charge in [0, 0.05) is 23.6 Å². The molecule has 0 heterocycles. The number of hydrogen-bond donors (Lipinski definition) is 2. The van der Waals surface area contributed by atoms with Gasteiger partial charge in [0.05, 0.1) is 11.6 Å². The van der Waals surface area contributed by atoms with Crippen molar-refractivity contribution in [2.75, 3.05) is 13.7 Å². The molecule has 0 aromatic heterocycles. The van der Waals surface area contributed by atoms with Crippen molar-refractivity contribution in [2.24, 2.45) is 5.73 Å². The number of aromatic hydroxyl groups is 1. The molecule has 0 spiro atoms. The van der Waals surface area contributed by atoms with E-state index in [9.17, 15) is 9.50 Å². The minimum Gasteiger partial charge on any atom is -0.504 e. The van der Waals surface area contributed by atoms with Gasteiger partial charge in [-0.05, 0) is 28.8 Å². The zero-order valence-corrected chi connectivity index (χ0v) is 11.2. The molecule has 17 heavy (non-hydrogen) atoms. The van der Waals surface area contributed by atoms with Crippen molar-refractivity contribution in [3.63, 3.8) is 0 Å². The molecule has 1 aromatic carbocycles. The van der Waals surface area contributed by atoms with Crippen LogP contribution in [-0.4, -0.2) is 18.8 Å². The van der Waals surface area contributed by atoms with Crippen LogP contribution < -0.4 is 10.5 Å². The first-order valence-electron chi connectivity index (χ1n) is 5.51. The molecule has 0 saturated heterocycles. The van der Waals surface area contributed by atoms with Gasteiger partial charge in [-0.25, -0.2) is 4.39 Å². The van der Waals surface area contributed by atoms with Gasteiger partial charge in [-0.3, -0.25) is 0 Å². The number of phenols is 1. The Bertz CT molecular complexity index is 441. The number of hydrogen-bond acceptors (Lipinski definition) is 3. The molecule has 3 N–H and O–H groups in total. The van der Waals surface area contributed by atoms with Crippen LogP contribution in [-0.2, 0) is 5.41 Å². The van der Waals surface area contributed by atoms with Crippen LogP contribution in [0.3, 0.4) is 0 Å².